The maximum Gasteiger partial charge on any atom is 0.102 e. The number of hydrogen-bond acceptors (Lipinski definition) is 3. The van der Waals surface area contributed by atoms with Crippen LogP contribution in [-0.2, 0) is 0 Å². The normalized spacial score (nSPS) is 11.8. The van der Waals surface area contributed by atoms with Gasteiger partial charge in [0, 0.05) is 9.79 Å². The molecule has 0 amide bonds. The molecule has 0 aliphatic heterocycles. The van der Waals surface area contributed by atoms with Gasteiger partial charge in [0.15, 0.2) is 0 Å². The highest BCUT2D eigenvalue weighted by molar-refractivity contribution is 8.14. The molecule has 0 N–H and O–H groups in total. The van der Waals surface area contributed by atoms with Gasteiger partial charge in [0.2, 0.25) is 0 Å². The first-order valence-corrected chi connectivity index (χ1v) is 9.83. The molecule has 4 heteroatoms. The van der Waals surface area contributed by atoms with E-state index in [1.165, 1.54) is 4.90 Å². The van der Waals surface area contributed by atoms with Gasteiger partial charge in [0.1, 0.15) is 5.04 Å². The van der Waals surface area contributed by atoms with Gasteiger partial charge >= 0.3 is 0 Å². The Hall–Kier alpha value is -1.94. The lowest BCUT2D eigenvalue weighted by molar-refractivity contribution is 1.47. The van der Waals surface area contributed by atoms with Gasteiger partial charge in [-0.25, -0.2) is 4.99 Å². The molecule has 0 aliphatic carbocycles. The highest BCUT2D eigenvalue weighted by Gasteiger charge is 2.04. The van der Waals surface area contributed by atoms with E-state index in [1.807, 2.05) is 78.9 Å². The molecule has 25 heavy (non-hydrogen) atoms. The molecule has 0 spiro atoms. The Kier molecular flexibility index (Phi) is 6.80. The second-order valence-electron chi connectivity index (χ2n) is 5.05. The fourth-order valence-electron chi connectivity index (χ4n) is 2.03. The summed E-state index contributed by atoms with van der Waals surface area (Å²) in [6, 6.07) is 28.0. The topological polar surface area (TPSA) is 12.4 Å². The van der Waals surface area contributed by atoms with Crippen LogP contribution in [0.4, 0.5) is 5.69 Å². The van der Waals surface area contributed by atoms with E-state index in [2.05, 4.69) is 17.5 Å². The van der Waals surface area contributed by atoms with Crippen LogP contribution in [0, 0.1) is 0 Å². The zero-order chi connectivity index (χ0) is 17.3. The Morgan fingerprint density at radius 2 is 1.44 bits per heavy atom. The first-order chi connectivity index (χ1) is 12.3. The standard InChI is InChI=1S/C21H16ClNS2/c22-19-13-7-8-14-20(19)25-21(23-17-9-3-1-4-10-17)15-16-24-18-11-5-2-6-12-18/h1-16H. The van der Waals surface area contributed by atoms with Crippen LogP contribution in [0.5, 0.6) is 0 Å². The largest absolute Gasteiger partial charge is 0.242 e. The highest BCUT2D eigenvalue weighted by atomic mass is 35.5. The first-order valence-electron chi connectivity index (χ1n) is 7.75. The molecule has 0 bridgehead atoms. The van der Waals surface area contributed by atoms with Crippen molar-refractivity contribution in [3.8, 4) is 0 Å². The third-order valence-electron chi connectivity index (χ3n) is 3.20. The summed E-state index contributed by atoms with van der Waals surface area (Å²) in [6.45, 7) is 0. The van der Waals surface area contributed by atoms with Crippen molar-refractivity contribution >= 4 is 45.9 Å². The summed E-state index contributed by atoms with van der Waals surface area (Å²) in [4.78, 5) is 6.94. The van der Waals surface area contributed by atoms with Crippen LogP contribution in [0.2, 0.25) is 5.02 Å². The van der Waals surface area contributed by atoms with E-state index >= 15 is 0 Å². The average molecular weight is 382 g/mol. The van der Waals surface area contributed by atoms with Crippen molar-refractivity contribution in [2.45, 2.75) is 9.79 Å². The molecule has 0 aromatic heterocycles. The van der Waals surface area contributed by atoms with Crippen LogP contribution >= 0.6 is 35.1 Å². The number of halogens is 1. The van der Waals surface area contributed by atoms with Crippen LogP contribution in [0.25, 0.3) is 0 Å². The van der Waals surface area contributed by atoms with E-state index in [9.17, 15) is 0 Å². The van der Waals surface area contributed by atoms with Crippen LogP contribution < -0.4 is 0 Å². The van der Waals surface area contributed by atoms with Crippen molar-refractivity contribution in [3.63, 3.8) is 0 Å². The lowest BCUT2D eigenvalue weighted by Gasteiger charge is -2.04. The minimum Gasteiger partial charge on any atom is -0.242 e. The Bertz CT molecular complexity index is 861. The number of aliphatic imine (C=N–C) groups is 1. The van der Waals surface area contributed by atoms with Crippen molar-refractivity contribution in [2.24, 2.45) is 4.99 Å². The number of thioether (sulfide) groups is 2. The number of benzene rings is 3. The first kappa shape index (κ1) is 17.9. The highest BCUT2D eigenvalue weighted by Crippen LogP contribution is 2.30. The summed E-state index contributed by atoms with van der Waals surface area (Å²) in [5.74, 6) is 0. The van der Waals surface area contributed by atoms with Crippen molar-refractivity contribution in [3.05, 3.63) is 101 Å². The average Bonchev–Trinajstić information content (AvgIpc) is 2.65. The minimum atomic E-state index is 0.734. The minimum absolute atomic E-state index is 0.734. The van der Waals surface area contributed by atoms with Crippen molar-refractivity contribution in [1.29, 1.82) is 0 Å². The number of rotatable bonds is 5. The fourth-order valence-corrected chi connectivity index (χ4v) is 3.86. The van der Waals surface area contributed by atoms with Crippen LogP contribution in [-0.4, -0.2) is 5.04 Å². The zero-order valence-electron chi connectivity index (χ0n) is 13.4. The van der Waals surface area contributed by atoms with Gasteiger partial charge in [-0.05, 0) is 47.9 Å². The maximum absolute atomic E-state index is 6.30. The summed E-state index contributed by atoms with van der Waals surface area (Å²) in [6.07, 6.45) is 2.03. The van der Waals surface area contributed by atoms with Gasteiger partial charge in [-0.1, -0.05) is 83.7 Å². The molecule has 0 atom stereocenters. The van der Waals surface area contributed by atoms with Gasteiger partial charge in [0.05, 0.1) is 10.7 Å². The second kappa shape index (κ2) is 9.52. The lowest BCUT2D eigenvalue weighted by atomic mass is 10.3. The number of para-hydroxylation sites is 1. The third-order valence-corrected chi connectivity index (χ3v) is 5.48. The quantitative estimate of drug-likeness (QED) is 0.258. The Labute approximate surface area is 161 Å². The number of nitrogens with zero attached hydrogens (tertiary/aromatic N) is 1. The van der Waals surface area contributed by atoms with E-state index in [4.69, 9.17) is 16.6 Å². The van der Waals surface area contributed by atoms with E-state index in [-0.39, 0.29) is 0 Å². The fraction of sp³-hybridized carbons (Fsp3) is 0. The van der Waals surface area contributed by atoms with E-state index < -0.39 is 0 Å². The molecule has 0 radical (unpaired) electrons. The SMILES string of the molecule is Clc1ccccc1SC(C=CSc1ccccc1)=Nc1ccccc1. The maximum atomic E-state index is 6.30. The predicted octanol–water partition coefficient (Wildman–Crippen LogP) is 7.47. The van der Waals surface area contributed by atoms with Crippen LogP contribution in [0.3, 0.4) is 0 Å². The molecule has 1 nitrogen and oxygen atoms in total. The molecular formula is C21H16ClNS2. The summed E-state index contributed by atoms with van der Waals surface area (Å²) < 4.78 is 0. The molecule has 0 fully saturated rings. The van der Waals surface area contributed by atoms with Crippen LogP contribution in [0.15, 0.2) is 111 Å². The van der Waals surface area contributed by atoms with Gasteiger partial charge < -0.3 is 0 Å². The van der Waals surface area contributed by atoms with Gasteiger partial charge in [-0.2, -0.15) is 0 Å². The monoisotopic (exact) mass is 381 g/mol. The molecule has 0 unspecified atom stereocenters. The van der Waals surface area contributed by atoms with Crippen molar-refractivity contribution < 1.29 is 0 Å². The van der Waals surface area contributed by atoms with Gasteiger partial charge in [-0.3, -0.25) is 0 Å². The van der Waals surface area contributed by atoms with E-state index in [0.717, 1.165) is 20.6 Å². The Morgan fingerprint density at radius 1 is 0.800 bits per heavy atom. The van der Waals surface area contributed by atoms with Gasteiger partial charge in [0.25, 0.3) is 0 Å². The Balaban J connectivity index is 1.81. The molecule has 3 aromatic carbocycles. The van der Waals surface area contributed by atoms with Crippen molar-refractivity contribution in [2.75, 3.05) is 0 Å². The van der Waals surface area contributed by atoms with E-state index in [1.54, 1.807) is 23.5 Å². The summed E-state index contributed by atoms with van der Waals surface area (Å²) in [5.41, 5.74) is 0.923. The van der Waals surface area contributed by atoms with Gasteiger partial charge in [-0.15, -0.1) is 0 Å². The predicted molar refractivity (Wildman–Crippen MR) is 112 cm³/mol. The summed E-state index contributed by atoms with van der Waals surface area (Å²) in [7, 11) is 0. The third kappa shape index (κ3) is 5.82. The molecule has 3 aromatic rings. The number of hydrogen-bond donors (Lipinski definition) is 0. The smallest absolute Gasteiger partial charge is 0.102 e. The van der Waals surface area contributed by atoms with Crippen molar-refractivity contribution in [1.82, 2.24) is 0 Å². The lowest BCUT2D eigenvalue weighted by Crippen LogP contribution is -1.87. The molecule has 0 saturated heterocycles. The summed E-state index contributed by atoms with van der Waals surface area (Å²) >= 11 is 9.53. The van der Waals surface area contributed by atoms with E-state index in [0.29, 0.717) is 0 Å². The molecule has 124 valence electrons. The molecular weight excluding hydrogens is 366 g/mol. The zero-order valence-corrected chi connectivity index (χ0v) is 15.8. The summed E-state index contributed by atoms with van der Waals surface area (Å²) in [5, 5.41) is 3.68. The second-order valence-corrected chi connectivity index (χ2v) is 7.50. The molecule has 0 aliphatic rings. The van der Waals surface area contributed by atoms with Crippen LogP contribution in [0.1, 0.15) is 0 Å². The molecule has 3 rings (SSSR count). The molecule has 0 heterocycles. The molecule has 0 saturated carbocycles. The Morgan fingerprint density at radius 3 is 2.16 bits per heavy atom.